The fourth-order valence-electron chi connectivity index (χ4n) is 3.43. The van der Waals surface area contributed by atoms with Gasteiger partial charge in [-0.1, -0.05) is 29.8 Å². The van der Waals surface area contributed by atoms with E-state index in [9.17, 15) is 9.59 Å². The number of nitrogens with one attached hydrogen (secondary N) is 1. The first kappa shape index (κ1) is 18.7. The van der Waals surface area contributed by atoms with Crippen LogP contribution in [-0.2, 0) is 13.1 Å². The van der Waals surface area contributed by atoms with E-state index in [4.69, 9.17) is 4.42 Å². The summed E-state index contributed by atoms with van der Waals surface area (Å²) in [7, 11) is 0. The highest BCUT2D eigenvalue weighted by Gasteiger charge is 2.19. The molecule has 0 atom stereocenters. The number of hydrogen-bond donors (Lipinski definition) is 1. The van der Waals surface area contributed by atoms with Gasteiger partial charge < -0.3 is 14.3 Å². The van der Waals surface area contributed by atoms with Crippen molar-refractivity contribution in [3.63, 3.8) is 0 Å². The van der Waals surface area contributed by atoms with Crippen LogP contribution in [0.1, 0.15) is 32.8 Å². The quantitative estimate of drug-likeness (QED) is 0.546. The Morgan fingerprint density at radius 2 is 1.79 bits per heavy atom. The highest BCUT2D eigenvalue weighted by molar-refractivity contribution is 5.94. The summed E-state index contributed by atoms with van der Waals surface area (Å²) in [6.07, 6.45) is 1.58. The van der Waals surface area contributed by atoms with Gasteiger partial charge in [-0.05, 0) is 61.2 Å². The second-order valence-electron chi connectivity index (χ2n) is 7.32. The third-order valence-electron chi connectivity index (χ3n) is 4.92. The summed E-state index contributed by atoms with van der Waals surface area (Å²) < 4.78 is 5.45. The number of amides is 1. The zero-order valence-electron chi connectivity index (χ0n) is 16.4. The molecule has 0 bridgehead atoms. The highest BCUT2D eigenvalue weighted by atomic mass is 16.3. The molecule has 0 radical (unpaired) electrons. The molecule has 29 heavy (non-hydrogen) atoms. The van der Waals surface area contributed by atoms with Gasteiger partial charge in [-0.2, -0.15) is 0 Å². The number of furan rings is 1. The lowest BCUT2D eigenvalue weighted by molar-refractivity contribution is 0.0717. The van der Waals surface area contributed by atoms with E-state index in [1.807, 2.05) is 62.4 Å². The Bertz CT molecular complexity index is 1220. The molecule has 0 unspecified atom stereocenters. The maximum atomic E-state index is 13.2. The number of carbonyl (C=O) groups excluding carboxylic acids is 1. The summed E-state index contributed by atoms with van der Waals surface area (Å²) >= 11 is 0. The number of nitrogens with zero attached hydrogens (tertiary/aromatic N) is 1. The molecule has 1 amide bonds. The molecule has 4 aromatic rings. The monoisotopic (exact) mass is 386 g/mol. The van der Waals surface area contributed by atoms with E-state index in [1.54, 1.807) is 23.3 Å². The van der Waals surface area contributed by atoms with Gasteiger partial charge in [0.25, 0.3) is 11.5 Å². The molecule has 0 spiro atoms. The molecule has 146 valence electrons. The van der Waals surface area contributed by atoms with Gasteiger partial charge in [0.1, 0.15) is 5.76 Å². The van der Waals surface area contributed by atoms with Crippen LogP contribution in [0.3, 0.4) is 0 Å². The normalized spacial score (nSPS) is 11.0. The predicted molar refractivity (Wildman–Crippen MR) is 113 cm³/mol. The van der Waals surface area contributed by atoms with Crippen LogP contribution in [0.4, 0.5) is 0 Å². The first-order valence-corrected chi connectivity index (χ1v) is 9.50. The van der Waals surface area contributed by atoms with Crippen molar-refractivity contribution in [3.8, 4) is 0 Å². The molecule has 4 rings (SSSR count). The smallest absolute Gasteiger partial charge is 0.254 e. The molecule has 2 aromatic heterocycles. The molecule has 0 fully saturated rings. The lowest BCUT2D eigenvalue weighted by atomic mass is 10.1. The summed E-state index contributed by atoms with van der Waals surface area (Å²) in [5, 5.41) is 0.936. The van der Waals surface area contributed by atoms with Gasteiger partial charge in [-0.15, -0.1) is 0 Å². The van der Waals surface area contributed by atoms with E-state index in [2.05, 4.69) is 4.98 Å². The molecular weight excluding hydrogens is 364 g/mol. The topological polar surface area (TPSA) is 66.3 Å². The van der Waals surface area contributed by atoms with E-state index < -0.39 is 0 Å². The molecule has 0 saturated carbocycles. The molecule has 1 N–H and O–H groups in total. The number of aromatic amines is 1. The van der Waals surface area contributed by atoms with E-state index in [1.165, 1.54) is 0 Å². The first-order chi connectivity index (χ1) is 14.0. The zero-order valence-corrected chi connectivity index (χ0v) is 16.4. The van der Waals surface area contributed by atoms with E-state index >= 15 is 0 Å². The maximum Gasteiger partial charge on any atom is 0.254 e. The summed E-state index contributed by atoms with van der Waals surface area (Å²) in [6.45, 7) is 4.40. The molecule has 0 aliphatic heterocycles. The largest absolute Gasteiger partial charge is 0.467 e. The minimum Gasteiger partial charge on any atom is -0.467 e. The number of carbonyl (C=O) groups is 1. The number of pyridine rings is 1. The van der Waals surface area contributed by atoms with Crippen molar-refractivity contribution >= 4 is 16.8 Å². The van der Waals surface area contributed by atoms with E-state index in [0.29, 0.717) is 16.9 Å². The average Bonchev–Trinajstić information content (AvgIpc) is 3.20. The second kappa shape index (κ2) is 7.80. The minimum atomic E-state index is -0.190. The van der Waals surface area contributed by atoms with Gasteiger partial charge in [-0.25, -0.2) is 0 Å². The van der Waals surface area contributed by atoms with Gasteiger partial charge in [0, 0.05) is 16.6 Å². The molecule has 2 heterocycles. The van der Waals surface area contributed by atoms with Crippen LogP contribution >= 0.6 is 0 Å². The van der Waals surface area contributed by atoms with Gasteiger partial charge in [0.15, 0.2) is 0 Å². The zero-order chi connectivity index (χ0) is 20.4. The highest BCUT2D eigenvalue weighted by Crippen LogP contribution is 2.17. The molecule has 0 saturated heterocycles. The number of fused-ring (bicyclic) bond motifs is 1. The Kier molecular flexibility index (Phi) is 5.04. The molecule has 0 aliphatic carbocycles. The fraction of sp³-hybridized carbons (Fsp3) is 0.167. The summed E-state index contributed by atoms with van der Waals surface area (Å²) in [5.74, 6) is 0.521. The summed E-state index contributed by atoms with van der Waals surface area (Å²) in [4.78, 5) is 30.5. The maximum absolute atomic E-state index is 13.2. The van der Waals surface area contributed by atoms with Crippen LogP contribution < -0.4 is 5.56 Å². The Morgan fingerprint density at radius 1 is 0.966 bits per heavy atom. The number of hydrogen-bond acceptors (Lipinski definition) is 3. The van der Waals surface area contributed by atoms with Crippen molar-refractivity contribution in [1.82, 2.24) is 9.88 Å². The number of H-pyrrole nitrogens is 1. The van der Waals surface area contributed by atoms with E-state index in [0.717, 1.165) is 22.0 Å². The summed E-state index contributed by atoms with van der Waals surface area (Å²) in [5.41, 5.74) is 3.81. The number of benzene rings is 2. The van der Waals surface area contributed by atoms with Crippen LogP contribution in [0.25, 0.3) is 10.9 Å². The van der Waals surface area contributed by atoms with Crippen LogP contribution in [0.15, 0.2) is 76.1 Å². The first-order valence-electron chi connectivity index (χ1n) is 9.50. The molecular formula is C24H22N2O3. The predicted octanol–water partition coefficient (Wildman–Crippen LogP) is 4.58. The Morgan fingerprint density at radius 3 is 2.55 bits per heavy atom. The Labute approximate surface area is 168 Å². The van der Waals surface area contributed by atoms with Crippen molar-refractivity contribution in [1.29, 1.82) is 0 Å². The van der Waals surface area contributed by atoms with Crippen LogP contribution in [-0.4, -0.2) is 15.8 Å². The van der Waals surface area contributed by atoms with E-state index in [-0.39, 0.29) is 24.6 Å². The van der Waals surface area contributed by atoms with Crippen molar-refractivity contribution in [2.45, 2.75) is 26.9 Å². The third-order valence-corrected chi connectivity index (χ3v) is 4.92. The number of aryl methyl sites for hydroxylation is 2. The van der Waals surface area contributed by atoms with Crippen LogP contribution in [0, 0.1) is 13.8 Å². The third kappa shape index (κ3) is 4.14. The lowest BCUT2D eigenvalue weighted by Gasteiger charge is -2.22. The SMILES string of the molecule is Cc1cccc(C(=O)N(Cc2ccco2)Cc2cc3ccc(C)cc3[nH]c2=O)c1. The van der Waals surface area contributed by atoms with Gasteiger partial charge in [0.05, 0.1) is 19.4 Å². The molecule has 0 aliphatic rings. The number of aromatic nitrogens is 1. The Balaban J connectivity index is 1.70. The average molecular weight is 386 g/mol. The van der Waals surface area contributed by atoms with Crippen LogP contribution in [0.2, 0.25) is 0 Å². The Hall–Kier alpha value is -3.60. The lowest BCUT2D eigenvalue weighted by Crippen LogP contribution is -2.32. The van der Waals surface area contributed by atoms with Crippen molar-refractivity contribution < 1.29 is 9.21 Å². The van der Waals surface area contributed by atoms with Crippen molar-refractivity contribution in [3.05, 3.63) is 105 Å². The standard InChI is InChI=1S/C24H22N2O3/c1-16-5-3-6-19(11-16)24(28)26(15-21-7-4-10-29-21)14-20-13-18-9-8-17(2)12-22(18)25-23(20)27/h3-13H,14-15H2,1-2H3,(H,25,27). The fourth-order valence-corrected chi connectivity index (χ4v) is 3.43. The van der Waals surface area contributed by atoms with Gasteiger partial charge in [-0.3, -0.25) is 9.59 Å². The molecule has 5 nitrogen and oxygen atoms in total. The van der Waals surface area contributed by atoms with Crippen molar-refractivity contribution in [2.75, 3.05) is 0 Å². The molecule has 5 heteroatoms. The summed E-state index contributed by atoms with van der Waals surface area (Å²) in [6, 6.07) is 18.8. The van der Waals surface area contributed by atoms with Crippen LogP contribution in [0.5, 0.6) is 0 Å². The minimum absolute atomic E-state index is 0.145. The number of rotatable bonds is 5. The second-order valence-corrected chi connectivity index (χ2v) is 7.32. The van der Waals surface area contributed by atoms with Gasteiger partial charge in [0.2, 0.25) is 0 Å². The van der Waals surface area contributed by atoms with Gasteiger partial charge >= 0.3 is 0 Å². The van der Waals surface area contributed by atoms with Crippen molar-refractivity contribution in [2.24, 2.45) is 0 Å². The molecule has 2 aromatic carbocycles.